The second-order valence-corrected chi connectivity index (χ2v) is 7.01. The molecule has 0 fully saturated rings. The summed E-state index contributed by atoms with van der Waals surface area (Å²) in [5, 5.41) is 7.01. The van der Waals surface area contributed by atoms with E-state index in [4.69, 9.17) is 27.1 Å². The molecule has 0 atom stereocenters. The number of anilines is 3. The van der Waals surface area contributed by atoms with Crippen LogP contribution in [0.4, 0.5) is 17.5 Å². The molecule has 0 saturated carbocycles. The lowest BCUT2D eigenvalue weighted by Gasteiger charge is -2.13. The quantitative estimate of drug-likeness (QED) is 0.308. The number of aromatic nitrogens is 5. The van der Waals surface area contributed by atoms with Crippen molar-refractivity contribution < 1.29 is 4.74 Å². The number of nitrogens with two attached hydrogens (primary N) is 1. The molecule has 0 aliphatic carbocycles. The van der Waals surface area contributed by atoms with E-state index in [-0.39, 0.29) is 0 Å². The minimum atomic E-state index is 0.481. The number of rotatable bonds is 8. The molecule has 10 heteroatoms. The van der Waals surface area contributed by atoms with Crippen LogP contribution in [-0.2, 0) is 0 Å². The average molecular weight is 437 g/mol. The first-order valence-electron chi connectivity index (χ1n) is 9.54. The Bertz CT molecular complexity index is 1150. The minimum Gasteiger partial charge on any atom is -0.496 e. The minimum absolute atomic E-state index is 0.481. The second-order valence-electron chi connectivity index (χ2n) is 6.57. The van der Waals surface area contributed by atoms with Crippen LogP contribution in [0, 0.1) is 0 Å². The number of imidazole rings is 1. The summed E-state index contributed by atoms with van der Waals surface area (Å²) >= 11 is 6.13. The fourth-order valence-electron chi connectivity index (χ4n) is 2.99. The molecular weight excluding hydrogens is 416 g/mol. The number of methoxy groups -OCH3 is 1. The van der Waals surface area contributed by atoms with Crippen molar-refractivity contribution in [3.63, 3.8) is 0 Å². The molecule has 1 aromatic carbocycles. The van der Waals surface area contributed by atoms with Gasteiger partial charge in [-0.05, 0) is 30.3 Å². The Hall–Kier alpha value is -3.85. The topological polar surface area (TPSA) is 127 Å². The SMILES string of the molecule is COc1cc(Cl)ccc1-c1nc(NCCNc2ccc(N)cn2)ncc1-c1ncc[nH]1. The Morgan fingerprint density at radius 2 is 1.90 bits per heavy atom. The molecule has 9 nitrogen and oxygen atoms in total. The van der Waals surface area contributed by atoms with E-state index in [1.54, 1.807) is 50.1 Å². The van der Waals surface area contributed by atoms with Crippen LogP contribution in [0.2, 0.25) is 5.02 Å². The van der Waals surface area contributed by atoms with Gasteiger partial charge in [-0.2, -0.15) is 0 Å². The molecule has 0 saturated heterocycles. The predicted octanol–water partition coefficient (Wildman–Crippen LogP) is 3.70. The highest BCUT2D eigenvalue weighted by Crippen LogP contribution is 2.36. The number of halogens is 1. The summed E-state index contributed by atoms with van der Waals surface area (Å²) in [5.41, 5.74) is 8.49. The van der Waals surface area contributed by atoms with E-state index in [9.17, 15) is 0 Å². The van der Waals surface area contributed by atoms with E-state index in [0.29, 0.717) is 47.0 Å². The highest BCUT2D eigenvalue weighted by molar-refractivity contribution is 6.30. The first-order valence-corrected chi connectivity index (χ1v) is 9.92. The summed E-state index contributed by atoms with van der Waals surface area (Å²) in [6, 6.07) is 9.04. The van der Waals surface area contributed by atoms with Gasteiger partial charge in [0.25, 0.3) is 0 Å². The summed E-state index contributed by atoms with van der Waals surface area (Å²) in [6.45, 7) is 1.21. The molecule has 3 aromatic heterocycles. The first-order chi connectivity index (χ1) is 15.1. The van der Waals surface area contributed by atoms with Gasteiger partial charge in [0.05, 0.1) is 30.3 Å². The van der Waals surface area contributed by atoms with E-state index < -0.39 is 0 Å². The molecular formula is C21H21ClN8O. The maximum absolute atomic E-state index is 6.13. The van der Waals surface area contributed by atoms with Crippen LogP contribution in [-0.4, -0.2) is 45.1 Å². The summed E-state index contributed by atoms with van der Waals surface area (Å²) in [7, 11) is 1.60. The second kappa shape index (κ2) is 9.31. The Labute approximate surface area is 184 Å². The standard InChI is InChI=1S/C21H21ClN8O/c1-31-17-10-13(22)2-4-15(17)19-16(20-25-7-8-26-20)12-29-21(30-19)27-9-6-24-18-5-3-14(23)11-28-18/h2-5,7-8,10-12H,6,9,23H2,1H3,(H,24,28)(H,25,26)(H,27,29,30). The van der Waals surface area contributed by atoms with Gasteiger partial charge in [-0.15, -0.1) is 0 Å². The molecule has 4 aromatic rings. The van der Waals surface area contributed by atoms with Gasteiger partial charge in [0.15, 0.2) is 0 Å². The van der Waals surface area contributed by atoms with Crippen molar-refractivity contribution in [2.24, 2.45) is 0 Å². The van der Waals surface area contributed by atoms with Gasteiger partial charge in [0, 0.05) is 42.3 Å². The fourth-order valence-corrected chi connectivity index (χ4v) is 3.16. The van der Waals surface area contributed by atoms with Crippen molar-refractivity contribution in [1.82, 2.24) is 24.9 Å². The molecule has 0 bridgehead atoms. The molecule has 5 N–H and O–H groups in total. The van der Waals surface area contributed by atoms with Crippen molar-refractivity contribution >= 4 is 29.1 Å². The van der Waals surface area contributed by atoms with Gasteiger partial charge in [-0.1, -0.05) is 11.6 Å². The zero-order valence-electron chi connectivity index (χ0n) is 16.8. The number of hydrogen-bond acceptors (Lipinski definition) is 8. The summed E-state index contributed by atoms with van der Waals surface area (Å²) < 4.78 is 5.53. The molecule has 158 valence electrons. The van der Waals surface area contributed by atoms with Crippen molar-refractivity contribution in [1.29, 1.82) is 0 Å². The highest BCUT2D eigenvalue weighted by atomic mass is 35.5. The van der Waals surface area contributed by atoms with E-state index in [1.807, 2.05) is 12.1 Å². The Morgan fingerprint density at radius 3 is 2.65 bits per heavy atom. The maximum atomic E-state index is 6.13. The third kappa shape index (κ3) is 4.84. The Morgan fingerprint density at radius 1 is 1.03 bits per heavy atom. The fraction of sp³-hybridized carbons (Fsp3) is 0.143. The third-order valence-electron chi connectivity index (χ3n) is 4.46. The maximum Gasteiger partial charge on any atom is 0.223 e. The van der Waals surface area contributed by atoms with Gasteiger partial charge in [-0.3, -0.25) is 0 Å². The van der Waals surface area contributed by atoms with Crippen LogP contribution >= 0.6 is 11.6 Å². The zero-order chi connectivity index (χ0) is 21.6. The normalized spacial score (nSPS) is 10.6. The van der Waals surface area contributed by atoms with Crippen molar-refractivity contribution in [3.05, 3.63) is 60.1 Å². The van der Waals surface area contributed by atoms with Crippen molar-refractivity contribution in [2.45, 2.75) is 0 Å². The number of H-pyrrole nitrogens is 1. The summed E-state index contributed by atoms with van der Waals surface area (Å²) in [5.74, 6) is 2.50. The molecule has 0 unspecified atom stereocenters. The number of aromatic amines is 1. The monoisotopic (exact) mass is 436 g/mol. The van der Waals surface area contributed by atoms with Crippen LogP contribution in [0.5, 0.6) is 5.75 Å². The molecule has 0 radical (unpaired) electrons. The number of nitrogens with one attached hydrogen (secondary N) is 3. The lowest BCUT2D eigenvalue weighted by Crippen LogP contribution is -2.16. The molecule has 4 rings (SSSR count). The number of benzene rings is 1. The number of pyridine rings is 1. The number of hydrogen-bond donors (Lipinski definition) is 4. The lowest BCUT2D eigenvalue weighted by atomic mass is 10.1. The summed E-state index contributed by atoms with van der Waals surface area (Å²) in [4.78, 5) is 20.8. The van der Waals surface area contributed by atoms with E-state index >= 15 is 0 Å². The van der Waals surface area contributed by atoms with Crippen LogP contribution in [0.15, 0.2) is 55.1 Å². The number of nitrogens with zero attached hydrogens (tertiary/aromatic N) is 4. The molecule has 0 aliphatic heterocycles. The van der Waals surface area contributed by atoms with Crippen molar-refractivity contribution in [3.8, 4) is 28.4 Å². The van der Waals surface area contributed by atoms with E-state index in [2.05, 4.69) is 30.6 Å². The Balaban J connectivity index is 1.56. The van der Waals surface area contributed by atoms with Gasteiger partial charge in [-0.25, -0.2) is 19.9 Å². The van der Waals surface area contributed by atoms with Crippen molar-refractivity contribution in [2.75, 3.05) is 36.6 Å². The predicted molar refractivity (Wildman–Crippen MR) is 122 cm³/mol. The molecule has 0 amide bonds. The number of nitrogen functional groups attached to an aromatic ring is 1. The first kappa shape index (κ1) is 20.4. The van der Waals surface area contributed by atoms with Gasteiger partial charge < -0.3 is 26.1 Å². The van der Waals surface area contributed by atoms with Crippen LogP contribution in [0.25, 0.3) is 22.6 Å². The van der Waals surface area contributed by atoms with Gasteiger partial charge in [0.2, 0.25) is 5.95 Å². The largest absolute Gasteiger partial charge is 0.496 e. The van der Waals surface area contributed by atoms with Crippen LogP contribution in [0.3, 0.4) is 0 Å². The van der Waals surface area contributed by atoms with Gasteiger partial charge >= 0.3 is 0 Å². The number of ether oxygens (including phenoxy) is 1. The van der Waals surface area contributed by atoms with E-state index in [0.717, 1.165) is 16.9 Å². The molecule has 0 aliphatic rings. The molecule has 31 heavy (non-hydrogen) atoms. The average Bonchev–Trinajstić information content (AvgIpc) is 3.32. The van der Waals surface area contributed by atoms with Crippen LogP contribution in [0.1, 0.15) is 0 Å². The Kier molecular flexibility index (Phi) is 6.13. The molecule has 3 heterocycles. The summed E-state index contributed by atoms with van der Waals surface area (Å²) in [6.07, 6.45) is 6.77. The molecule has 0 spiro atoms. The van der Waals surface area contributed by atoms with E-state index in [1.165, 1.54) is 0 Å². The third-order valence-corrected chi connectivity index (χ3v) is 4.70. The highest BCUT2D eigenvalue weighted by Gasteiger charge is 2.17. The van der Waals surface area contributed by atoms with Crippen LogP contribution < -0.4 is 21.1 Å². The smallest absolute Gasteiger partial charge is 0.223 e. The van der Waals surface area contributed by atoms with Gasteiger partial charge in [0.1, 0.15) is 17.4 Å². The lowest BCUT2D eigenvalue weighted by molar-refractivity contribution is 0.416. The zero-order valence-corrected chi connectivity index (χ0v) is 17.5.